The Hall–Kier alpha value is -3.64. The highest BCUT2D eigenvalue weighted by Crippen LogP contribution is 2.42. The minimum atomic E-state index is -2.03. The third-order valence-electron chi connectivity index (χ3n) is 5.89. The predicted molar refractivity (Wildman–Crippen MR) is 121 cm³/mol. The molecule has 6 heteroatoms. The molecule has 2 atom stereocenters. The van der Waals surface area contributed by atoms with E-state index < -0.39 is 23.4 Å². The minimum absolute atomic E-state index is 0.0733. The Morgan fingerprint density at radius 3 is 2.25 bits per heavy atom. The number of likely N-dealkylation sites (tertiary alicyclic amines) is 1. The van der Waals surface area contributed by atoms with Gasteiger partial charge in [0, 0.05) is 30.9 Å². The van der Waals surface area contributed by atoms with Crippen LogP contribution in [-0.4, -0.2) is 35.5 Å². The van der Waals surface area contributed by atoms with Crippen LogP contribution in [0.15, 0.2) is 84.9 Å². The van der Waals surface area contributed by atoms with Crippen molar-refractivity contribution in [2.45, 2.75) is 18.7 Å². The fourth-order valence-corrected chi connectivity index (χ4v) is 4.22. The second-order valence-electron chi connectivity index (χ2n) is 7.90. The second kappa shape index (κ2) is 9.24. The summed E-state index contributed by atoms with van der Waals surface area (Å²) in [6.07, 6.45) is 0. The number of ether oxygens (including phenoxy) is 1. The summed E-state index contributed by atoms with van der Waals surface area (Å²) >= 11 is 0. The van der Waals surface area contributed by atoms with Crippen molar-refractivity contribution in [1.29, 1.82) is 0 Å². The van der Waals surface area contributed by atoms with Gasteiger partial charge in [0.2, 0.25) is 0 Å². The molecule has 1 aliphatic rings. The number of anilines is 1. The summed E-state index contributed by atoms with van der Waals surface area (Å²) in [6.45, 7) is 0.887. The zero-order valence-electron chi connectivity index (χ0n) is 17.9. The van der Waals surface area contributed by atoms with Gasteiger partial charge in [-0.25, -0.2) is 0 Å². The van der Waals surface area contributed by atoms with E-state index in [2.05, 4.69) is 5.32 Å². The molecule has 1 saturated heterocycles. The number of carbonyl (C=O) groups excluding carboxylic acids is 2. The lowest BCUT2D eigenvalue weighted by molar-refractivity contribution is -0.160. The molecule has 0 bridgehead atoms. The van der Waals surface area contributed by atoms with E-state index in [1.54, 1.807) is 18.2 Å². The summed E-state index contributed by atoms with van der Waals surface area (Å²) in [7, 11) is 1.27. The van der Waals surface area contributed by atoms with Crippen LogP contribution in [0, 0.1) is 5.92 Å². The smallest absolute Gasteiger partial charge is 0.314 e. The Bertz CT molecular complexity index is 1090. The molecule has 3 aromatic carbocycles. The molecule has 0 spiro atoms. The number of aliphatic hydroxyl groups is 1. The van der Waals surface area contributed by atoms with Crippen LogP contribution < -0.4 is 5.32 Å². The first-order valence-corrected chi connectivity index (χ1v) is 10.5. The Labute approximate surface area is 187 Å². The van der Waals surface area contributed by atoms with Crippen LogP contribution in [0.4, 0.5) is 5.69 Å². The lowest BCUT2D eigenvalue weighted by Crippen LogP contribution is -2.44. The molecule has 4 rings (SSSR count). The molecule has 1 aliphatic heterocycles. The number of amides is 1. The number of hydrogen-bond donors (Lipinski definition) is 2. The Morgan fingerprint density at radius 1 is 1.00 bits per heavy atom. The zero-order valence-corrected chi connectivity index (χ0v) is 17.9. The largest absolute Gasteiger partial charge is 0.469 e. The minimum Gasteiger partial charge on any atom is -0.469 e. The lowest BCUT2D eigenvalue weighted by Gasteiger charge is -2.28. The predicted octanol–water partition coefficient (Wildman–Crippen LogP) is 3.32. The van der Waals surface area contributed by atoms with E-state index in [4.69, 9.17) is 4.74 Å². The number of hydrogen-bond acceptors (Lipinski definition) is 5. The van der Waals surface area contributed by atoms with Gasteiger partial charge in [0.1, 0.15) is 5.92 Å². The third kappa shape index (κ3) is 4.09. The highest BCUT2D eigenvalue weighted by Gasteiger charge is 2.58. The Morgan fingerprint density at radius 2 is 1.59 bits per heavy atom. The number of nitrogens with zero attached hydrogens (tertiary/aromatic N) is 1. The molecule has 164 valence electrons. The molecule has 0 unspecified atom stereocenters. The van der Waals surface area contributed by atoms with Crippen molar-refractivity contribution in [3.8, 4) is 0 Å². The van der Waals surface area contributed by atoms with Crippen LogP contribution >= 0.6 is 0 Å². The summed E-state index contributed by atoms with van der Waals surface area (Å²) in [4.78, 5) is 27.7. The topological polar surface area (TPSA) is 78.9 Å². The number of benzene rings is 3. The average molecular weight is 431 g/mol. The standard InChI is InChI=1S/C26H26N2O4/c1-32-24(29)22-18-28(17-20-12-6-3-7-13-20)25(30)26(22,31)21-14-8-9-15-23(21)27-16-19-10-4-2-5-11-19/h2-15,22,27,31H,16-18H2,1H3/t22-,26-/m1/s1. The summed E-state index contributed by atoms with van der Waals surface area (Å²) in [5, 5.41) is 15.1. The van der Waals surface area contributed by atoms with Crippen molar-refractivity contribution in [3.05, 3.63) is 102 Å². The van der Waals surface area contributed by atoms with Gasteiger partial charge in [0.25, 0.3) is 5.91 Å². The van der Waals surface area contributed by atoms with Gasteiger partial charge >= 0.3 is 5.97 Å². The van der Waals surface area contributed by atoms with Gasteiger partial charge in [-0.15, -0.1) is 0 Å². The Kier molecular flexibility index (Phi) is 6.23. The zero-order chi connectivity index (χ0) is 22.6. The quantitative estimate of drug-likeness (QED) is 0.562. The van der Waals surface area contributed by atoms with Crippen molar-refractivity contribution in [2.75, 3.05) is 19.0 Å². The van der Waals surface area contributed by atoms with Gasteiger partial charge < -0.3 is 20.1 Å². The van der Waals surface area contributed by atoms with Gasteiger partial charge in [-0.2, -0.15) is 0 Å². The fourth-order valence-electron chi connectivity index (χ4n) is 4.22. The van der Waals surface area contributed by atoms with E-state index in [9.17, 15) is 14.7 Å². The number of esters is 1. The summed E-state index contributed by atoms with van der Waals surface area (Å²) in [6, 6.07) is 26.4. The lowest BCUT2D eigenvalue weighted by atomic mass is 9.82. The molecule has 2 N–H and O–H groups in total. The molecular weight excluding hydrogens is 404 g/mol. The van der Waals surface area contributed by atoms with E-state index >= 15 is 0 Å². The van der Waals surface area contributed by atoms with E-state index in [1.807, 2.05) is 66.7 Å². The van der Waals surface area contributed by atoms with E-state index in [1.165, 1.54) is 12.0 Å². The normalized spacial score (nSPS) is 20.2. The SMILES string of the molecule is COC(=O)[C@H]1CN(Cc2ccccc2)C(=O)[C@@]1(O)c1ccccc1NCc1ccccc1. The van der Waals surface area contributed by atoms with Crippen molar-refractivity contribution < 1.29 is 19.4 Å². The monoisotopic (exact) mass is 430 g/mol. The van der Waals surface area contributed by atoms with Crippen molar-refractivity contribution in [2.24, 2.45) is 5.92 Å². The van der Waals surface area contributed by atoms with Crippen LogP contribution in [0.2, 0.25) is 0 Å². The first kappa shape index (κ1) is 21.6. The molecule has 0 saturated carbocycles. The summed E-state index contributed by atoms with van der Waals surface area (Å²) in [5.41, 5.74) is 0.920. The molecule has 1 fully saturated rings. The Balaban J connectivity index is 1.68. The number of para-hydroxylation sites is 1. The van der Waals surface area contributed by atoms with Crippen LogP contribution in [0.25, 0.3) is 0 Å². The molecule has 32 heavy (non-hydrogen) atoms. The van der Waals surface area contributed by atoms with Gasteiger partial charge in [-0.1, -0.05) is 78.9 Å². The summed E-state index contributed by atoms with van der Waals surface area (Å²) in [5.74, 6) is -2.16. The maximum Gasteiger partial charge on any atom is 0.314 e. The van der Waals surface area contributed by atoms with Crippen LogP contribution in [0.5, 0.6) is 0 Å². The van der Waals surface area contributed by atoms with Gasteiger partial charge in [0.15, 0.2) is 5.60 Å². The molecule has 3 aromatic rings. The molecule has 0 aromatic heterocycles. The van der Waals surface area contributed by atoms with Crippen LogP contribution in [0.3, 0.4) is 0 Å². The van der Waals surface area contributed by atoms with Gasteiger partial charge in [-0.3, -0.25) is 9.59 Å². The van der Waals surface area contributed by atoms with Crippen molar-refractivity contribution in [1.82, 2.24) is 4.90 Å². The maximum atomic E-state index is 13.5. The highest BCUT2D eigenvalue weighted by atomic mass is 16.5. The highest BCUT2D eigenvalue weighted by molar-refractivity contribution is 5.96. The molecule has 0 radical (unpaired) electrons. The van der Waals surface area contributed by atoms with E-state index in [0.717, 1.165) is 11.1 Å². The average Bonchev–Trinajstić information content (AvgIpc) is 3.09. The molecule has 6 nitrogen and oxygen atoms in total. The number of methoxy groups -OCH3 is 1. The number of carbonyl (C=O) groups is 2. The fraction of sp³-hybridized carbons (Fsp3) is 0.231. The van der Waals surface area contributed by atoms with Crippen molar-refractivity contribution >= 4 is 17.6 Å². The number of rotatable bonds is 7. The van der Waals surface area contributed by atoms with Crippen LogP contribution in [-0.2, 0) is 33.0 Å². The van der Waals surface area contributed by atoms with E-state index in [-0.39, 0.29) is 6.54 Å². The number of nitrogens with one attached hydrogen (secondary N) is 1. The second-order valence-corrected chi connectivity index (χ2v) is 7.90. The van der Waals surface area contributed by atoms with Gasteiger partial charge in [0.05, 0.1) is 7.11 Å². The van der Waals surface area contributed by atoms with Crippen molar-refractivity contribution in [3.63, 3.8) is 0 Å². The first-order chi connectivity index (χ1) is 15.5. The molecular formula is C26H26N2O4. The van der Waals surface area contributed by atoms with Gasteiger partial charge in [-0.05, 0) is 17.2 Å². The maximum absolute atomic E-state index is 13.5. The first-order valence-electron chi connectivity index (χ1n) is 10.5. The molecule has 1 heterocycles. The van der Waals surface area contributed by atoms with Crippen LogP contribution in [0.1, 0.15) is 16.7 Å². The molecule has 1 amide bonds. The third-order valence-corrected chi connectivity index (χ3v) is 5.89. The summed E-state index contributed by atoms with van der Waals surface area (Å²) < 4.78 is 4.97. The molecule has 0 aliphatic carbocycles. The van der Waals surface area contributed by atoms with E-state index in [0.29, 0.717) is 24.3 Å².